The molecule has 0 amide bonds. The fourth-order valence-electron chi connectivity index (χ4n) is 2.17. The Hall–Kier alpha value is -1.48. The van der Waals surface area contributed by atoms with Crippen LogP contribution in [0.25, 0.3) is 10.9 Å². The molecule has 17 heavy (non-hydrogen) atoms. The molecule has 0 radical (unpaired) electrons. The summed E-state index contributed by atoms with van der Waals surface area (Å²) in [5.74, 6) is -0.622. The third-order valence-electron chi connectivity index (χ3n) is 2.96. The number of halogens is 1. The van der Waals surface area contributed by atoms with Gasteiger partial charge in [0.2, 0.25) is 0 Å². The monoisotopic (exact) mass is 251 g/mol. The highest BCUT2D eigenvalue weighted by Crippen LogP contribution is 2.34. The molecule has 2 rings (SSSR count). The third kappa shape index (κ3) is 1.80. The molecular formula is C13H14ClNO2. The number of rotatable bonds is 2. The summed E-state index contributed by atoms with van der Waals surface area (Å²) in [6.07, 6.45) is 1.62. The van der Waals surface area contributed by atoms with Crippen LogP contribution in [0.3, 0.4) is 0 Å². The number of aromatic nitrogens is 1. The Labute approximate surface area is 105 Å². The Morgan fingerprint density at radius 1 is 1.41 bits per heavy atom. The first-order chi connectivity index (χ1) is 7.93. The van der Waals surface area contributed by atoms with Crippen LogP contribution >= 0.6 is 11.6 Å². The van der Waals surface area contributed by atoms with Crippen molar-refractivity contribution in [2.24, 2.45) is 7.05 Å². The maximum atomic E-state index is 11.2. The molecular weight excluding hydrogens is 238 g/mol. The van der Waals surface area contributed by atoms with E-state index in [0.717, 1.165) is 11.1 Å². The molecule has 0 aliphatic heterocycles. The molecule has 1 aromatic carbocycles. The van der Waals surface area contributed by atoms with Gasteiger partial charge < -0.3 is 9.67 Å². The topological polar surface area (TPSA) is 42.2 Å². The van der Waals surface area contributed by atoms with Gasteiger partial charge in [-0.3, -0.25) is 0 Å². The first-order valence-corrected chi connectivity index (χ1v) is 5.82. The first-order valence-electron chi connectivity index (χ1n) is 5.44. The molecule has 0 saturated carbocycles. The number of benzene rings is 1. The lowest BCUT2D eigenvalue weighted by Gasteiger charge is -2.10. The van der Waals surface area contributed by atoms with E-state index in [4.69, 9.17) is 11.6 Å². The highest BCUT2D eigenvalue weighted by molar-refractivity contribution is 6.36. The van der Waals surface area contributed by atoms with E-state index >= 15 is 0 Å². The molecule has 0 saturated heterocycles. The Morgan fingerprint density at radius 3 is 2.59 bits per heavy atom. The minimum absolute atomic E-state index is 0.259. The van der Waals surface area contributed by atoms with Gasteiger partial charge in [-0.1, -0.05) is 31.5 Å². The van der Waals surface area contributed by atoms with Gasteiger partial charge in [-0.25, -0.2) is 4.79 Å². The van der Waals surface area contributed by atoms with E-state index in [1.54, 1.807) is 12.3 Å². The summed E-state index contributed by atoms with van der Waals surface area (Å²) >= 11 is 6.12. The summed E-state index contributed by atoms with van der Waals surface area (Å²) in [5, 5.41) is 10.3. The lowest BCUT2D eigenvalue weighted by atomic mass is 9.99. The number of nitrogens with zero attached hydrogens (tertiary/aromatic N) is 1. The zero-order valence-corrected chi connectivity index (χ0v) is 10.7. The van der Waals surface area contributed by atoms with E-state index in [1.165, 1.54) is 0 Å². The van der Waals surface area contributed by atoms with Crippen LogP contribution in [0.5, 0.6) is 0 Å². The van der Waals surface area contributed by atoms with Crippen LogP contribution in [-0.4, -0.2) is 15.6 Å². The Morgan fingerprint density at radius 2 is 2.06 bits per heavy atom. The van der Waals surface area contributed by atoms with E-state index in [9.17, 15) is 9.90 Å². The van der Waals surface area contributed by atoms with Gasteiger partial charge in [0, 0.05) is 18.6 Å². The highest BCUT2D eigenvalue weighted by Gasteiger charge is 2.19. The lowest BCUT2D eigenvalue weighted by Crippen LogP contribution is -1.95. The molecule has 4 heteroatoms. The lowest BCUT2D eigenvalue weighted by molar-refractivity contribution is 0.0699. The fraction of sp³-hybridized carbons (Fsp3) is 0.308. The van der Waals surface area contributed by atoms with Crippen LogP contribution in [0, 0.1) is 0 Å². The second-order valence-electron chi connectivity index (χ2n) is 4.47. The molecule has 2 aromatic rings. The number of aromatic carboxylic acids is 1. The molecule has 1 aromatic heterocycles. The van der Waals surface area contributed by atoms with Crippen LogP contribution in [0.2, 0.25) is 5.02 Å². The fourth-order valence-corrected chi connectivity index (χ4v) is 2.42. The molecule has 0 spiro atoms. The van der Waals surface area contributed by atoms with E-state index in [0.29, 0.717) is 16.3 Å². The minimum atomic E-state index is -0.946. The van der Waals surface area contributed by atoms with Crippen LogP contribution in [-0.2, 0) is 7.05 Å². The number of carbonyl (C=O) groups is 1. The summed E-state index contributed by atoms with van der Waals surface area (Å²) < 4.78 is 1.83. The van der Waals surface area contributed by atoms with Crippen molar-refractivity contribution in [2.45, 2.75) is 19.8 Å². The number of hydrogen-bond acceptors (Lipinski definition) is 1. The molecule has 1 heterocycles. The molecule has 0 aliphatic rings. The smallest absolute Gasteiger partial charge is 0.337 e. The number of carboxylic acid groups (broad SMARTS) is 1. The molecule has 90 valence electrons. The largest absolute Gasteiger partial charge is 0.478 e. The van der Waals surface area contributed by atoms with Crippen molar-refractivity contribution in [2.75, 3.05) is 0 Å². The maximum Gasteiger partial charge on any atom is 0.337 e. The van der Waals surface area contributed by atoms with Crippen molar-refractivity contribution in [3.05, 3.63) is 34.5 Å². The number of hydrogen-bond donors (Lipinski definition) is 1. The Balaban J connectivity index is 2.93. The van der Waals surface area contributed by atoms with Crippen LogP contribution in [0.4, 0.5) is 0 Å². The molecule has 0 atom stereocenters. The predicted octanol–water partition coefficient (Wildman–Crippen LogP) is 3.65. The van der Waals surface area contributed by atoms with Crippen molar-refractivity contribution >= 4 is 28.5 Å². The van der Waals surface area contributed by atoms with E-state index < -0.39 is 5.97 Å². The predicted molar refractivity (Wildman–Crippen MR) is 69.0 cm³/mol. The van der Waals surface area contributed by atoms with Crippen molar-refractivity contribution in [3.8, 4) is 0 Å². The van der Waals surface area contributed by atoms with Gasteiger partial charge in [-0.2, -0.15) is 0 Å². The van der Waals surface area contributed by atoms with E-state index in [1.807, 2.05) is 17.7 Å². The quantitative estimate of drug-likeness (QED) is 0.885. The van der Waals surface area contributed by atoms with Gasteiger partial charge in [-0.05, 0) is 17.5 Å². The molecule has 0 aliphatic carbocycles. The van der Waals surface area contributed by atoms with Gasteiger partial charge in [0.15, 0.2) is 0 Å². The number of carboxylic acids is 1. The van der Waals surface area contributed by atoms with Crippen molar-refractivity contribution in [1.29, 1.82) is 0 Å². The van der Waals surface area contributed by atoms with E-state index in [-0.39, 0.29) is 5.56 Å². The number of aryl methyl sites for hydroxylation is 1. The van der Waals surface area contributed by atoms with Gasteiger partial charge >= 0.3 is 5.97 Å². The first kappa shape index (κ1) is 12.0. The second-order valence-corrected chi connectivity index (χ2v) is 4.88. The standard InChI is InChI=1S/C13H14ClNO2/c1-7(2)8-4-5-10(14)11-9(13(16)17)6-15(3)12(8)11/h4-7H,1-3H3,(H,16,17). The summed E-state index contributed by atoms with van der Waals surface area (Å²) in [6.45, 7) is 4.16. The normalized spacial score (nSPS) is 11.4. The summed E-state index contributed by atoms with van der Waals surface area (Å²) in [4.78, 5) is 11.2. The number of fused-ring (bicyclic) bond motifs is 1. The molecule has 3 nitrogen and oxygen atoms in total. The SMILES string of the molecule is CC(C)c1ccc(Cl)c2c(C(=O)O)cn(C)c12. The van der Waals surface area contributed by atoms with Gasteiger partial charge in [0.1, 0.15) is 0 Å². The molecule has 0 bridgehead atoms. The average Bonchev–Trinajstić information content (AvgIpc) is 2.58. The summed E-state index contributed by atoms with van der Waals surface area (Å²) in [7, 11) is 1.84. The van der Waals surface area contributed by atoms with Gasteiger partial charge in [-0.15, -0.1) is 0 Å². The Kier molecular flexibility index (Phi) is 2.87. The van der Waals surface area contributed by atoms with Crippen molar-refractivity contribution in [1.82, 2.24) is 4.57 Å². The van der Waals surface area contributed by atoms with E-state index in [2.05, 4.69) is 13.8 Å². The van der Waals surface area contributed by atoms with Gasteiger partial charge in [0.25, 0.3) is 0 Å². The van der Waals surface area contributed by atoms with Crippen LogP contribution in [0.1, 0.15) is 35.7 Å². The minimum Gasteiger partial charge on any atom is -0.478 e. The highest BCUT2D eigenvalue weighted by atomic mass is 35.5. The van der Waals surface area contributed by atoms with Crippen molar-refractivity contribution in [3.63, 3.8) is 0 Å². The van der Waals surface area contributed by atoms with Crippen molar-refractivity contribution < 1.29 is 9.90 Å². The summed E-state index contributed by atoms with van der Waals surface area (Å²) in [5.41, 5.74) is 2.28. The Bertz CT molecular complexity index is 599. The van der Waals surface area contributed by atoms with Crippen LogP contribution in [0.15, 0.2) is 18.3 Å². The zero-order valence-electron chi connectivity index (χ0n) is 9.99. The molecule has 1 N–H and O–H groups in total. The van der Waals surface area contributed by atoms with Crippen LogP contribution < -0.4 is 0 Å². The third-order valence-corrected chi connectivity index (χ3v) is 3.27. The molecule has 0 unspecified atom stereocenters. The maximum absolute atomic E-state index is 11.2. The zero-order chi connectivity index (χ0) is 12.7. The average molecular weight is 252 g/mol. The second kappa shape index (κ2) is 4.08. The molecule has 0 fully saturated rings. The van der Waals surface area contributed by atoms with Gasteiger partial charge in [0.05, 0.1) is 16.1 Å². The summed E-state index contributed by atoms with van der Waals surface area (Å²) in [6, 6.07) is 3.73.